The summed E-state index contributed by atoms with van der Waals surface area (Å²) in [7, 11) is 0. The van der Waals surface area contributed by atoms with E-state index in [9.17, 15) is 10.2 Å². The molecule has 1 saturated heterocycles. The van der Waals surface area contributed by atoms with Crippen LogP contribution in [-0.4, -0.2) is 46.9 Å². The minimum absolute atomic E-state index is 0.305. The van der Waals surface area contributed by atoms with Crippen molar-refractivity contribution >= 4 is 0 Å². The normalized spacial score (nSPS) is 18.4. The van der Waals surface area contributed by atoms with Crippen LogP contribution in [0.5, 0.6) is 0 Å². The Morgan fingerprint density at radius 3 is 1.97 bits per heavy atom. The summed E-state index contributed by atoms with van der Waals surface area (Å²) in [4.78, 5) is 2.43. The highest BCUT2D eigenvalue weighted by Crippen LogP contribution is 2.33. The molecule has 1 aliphatic rings. The lowest BCUT2D eigenvalue weighted by Gasteiger charge is -2.35. The van der Waals surface area contributed by atoms with Crippen LogP contribution in [0.15, 0.2) is 91.0 Å². The molecule has 3 aromatic rings. The molecule has 2 atom stereocenters. The summed E-state index contributed by atoms with van der Waals surface area (Å²) in [6.45, 7) is 3.24. The van der Waals surface area contributed by atoms with Crippen molar-refractivity contribution in [1.29, 1.82) is 0 Å². The summed E-state index contributed by atoms with van der Waals surface area (Å²) in [5.74, 6) is 0. The number of rotatable bonds is 8. The molecule has 0 saturated carbocycles. The Morgan fingerprint density at radius 1 is 0.867 bits per heavy atom. The second kappa shape index (κ2) is 9.54. The molecule has 4 nitrogen and oxygen atoms in total. The monoisotopic (exact) mass is 402 g/mol. The second-order valence-electron chi connectivity index (χ2n) is 8.13. The fraction of sp³-hybridized carbons (Fsp3) is 0.308. The number of benzene rings is 3. The third-order valence-electron chi connectivity index (χ3n) is 6.03. The first-order chi connectivity index (χ1) is 14.7. The number of aliphatic hydroxyl groups is 2. The molecule has 0 bridgehead atoms. The number of nitrogens with zero attached hydrogens (tertiary/aromatic N) is 1. The zero-order chi connectivity index (χ0) is 20.8. The van der Waals surface area contributed by atoms with Crippen molar-refractivity contribution in [3.63, 3.8) is 0 Å². The third kappa shape index (κ3) is 4.63. The van der Waals surface area contributed by atoms with Gasteiger partial charge < -0.3 is 15.5 Å². The van der Waals surface area contributed by atoms with Gasteiger partial charge in [-0.15, -0.1) is 0 Å². The molecule has 4 rings (SSSR count). The maximum Gasteiger partial charge on any atom is 0.142 e. The van der Waals surface area contributed by atoms with E-state index in [1.807, 2.05) is 66.7 Å². The molecule has 2 unspecified atom stereocenters. The van der Waals surface area contributed by atoms with E-state index in [1.54, 1.807) is 0 Å². The Hall–Kier alpha value is -2.50. The SMILES string of the molecule is OC(CNC1CCN(Cc2ccccc2)C1)C(O)(c1ccccc1)c1ccccc1. The van der Waals surface area contributed by atoms with Crippen LogP contribution >= 0.6 is 0 Å². The molecule has 0 radical (unpaired) electrons. The Labute approximate surface area is 178 Å². The van der Waals surface area contributed by atoms with Gasteiger partial charge in [-0.2, -0.15) is 0 Å². The van der Waals surface area contributed by atoms with E-state index < -0.39 is 11.7 Å². The highest BCUT2D eigenvalue weighted by atomic mass is 16.3. The lowest BCUT2D eigenvalue weighted by Crippen LogP contribution is -2.48. The minimum Gasteiger partial charge on any atom is -0.388 e. The zero-order valence-electron chi connectivity index (χ0n) is 17.2. The average molecular weight is 403 g/mol. The van der Waals surface area contributed by atoms with Crippen molar-refractivity contribution in [2.75, 3.05) is 19.6 Å². The molecule has 0 spiro atoms. The summed E-state index contributed by atoms with van der Waals surface area (Å²) in [5, 5.41) is 26.2. The lowest BCUT2D eigenvalue weighted by molar-refractivity contribution is -0.0490. The van der Waals surface area contributed by atoms with E-state index in [2.05, 4.69) is 34.5 Å². The predicted molar refractivity (Wildman–Crippen MR) is 120 cm³/mol. The van der Waals surface area contributed by atoms with Crippen LogP contribution in [0.4, 0.5) is 0 Å². The number of aliphatic hydroxyl groups excluding tert-OH is 1. The van der Waals surface area contributed by atoms with Crippen LogP contribution in [0.25, 0.3) is 0 Å². The molecule has 3 N–H and O–H groups in total. The topological polar surface area (TPSA) is 55.7 Å². The largest absolute Gasteiger partial charge is 0.388 e. The lowest BCUT2D eigenvalue weighted by atomic mass is 9.81. The van der Waals surface area contributed by atoms with Gasteiger partial charge in [0.15, 0.2) is 0 Å². The summed E-state index contributed by atoms with van der Waals surface area (Å²) in [5.41, 5.74) is 1.25. The van der Waals surface area contributed by atoms with Crippen molar-refractivity contribution in [3.05, 3.63) is 108 Å². The van der Waals surface area contributed by atoms with E-state index >= 15 is 0 Å². The van der Waals surface area contributed by atoms with Gasteiger partial charge in [0.25, 0.3) is 0 Å². The molecule has 4 heteroatoms. The van der Waals surface area contributed by atoms with Crippen molar-refractivity contribution in [2.45, 2.75) is 30.7 Å². The van der Waals surface area contributed by atoms with Gasteiger partial charge in [-0.1, -0.05) is 91.0 Å². The zero-order valence-corrected chi connectivity index (χ0v) is 17.2. The second-order valence-corrected chi connectivity index (χ2v) is 8.13. The van der Waals surface area contributed by atoms with Crippen LogP contribution in [0.2, 0.25) is 0 Å². The Kier molecular flexibility index (Phi) is 6.60. The van der Waals surface area contributed by atoms with Crippen LogP contribution < -0.4 is 5.32 Å². The Morgan fingerprint density at radius 2 is 1.40 bits per heavy atom. The van der Waals surface area contributed by atoms with Crippen LogP contribution in [-0.2, 0) is 12.1 Å². The Bertz CT molecular complexity index is 863. The van der Waals surface area contributed by atoms with E-state index in [4.69, 9.17) is 0 Å². The molecule has 0 aromatic heterocycles. The van der Waals surface area contributed by atoms with Gasteiger partial charge >= 0.3 is 0 Å². The van der Waals surface area contributed by atoms with Gasteiger partial charge in [0.05, 0.1) is 0 Å². The van der Waals surface area contributed by atoms with Gasteiger partial charge in [0.1, 0.15) is 11.7 Å². The molecule has 156 valence electrons. The van der Waals surface area contributed by atoms with E-state index in [-0.39, 0.29) is 0 Å². The van der Waals surface area contributed by atoms with Crippen molar-refractivity contribution in [2.24, 2.45) is 0 Å². The maximum atomic E-state index is 11.6. The molecule has 3 aromatic carbocycles. The minimum atomic E-state index is -1.46. The summed E-state index contributed by atoms with van der Waals surface area (Å²) in [6.07, 6.45) is 0.0692. The van der Waals surface area contributed by atoms with Crippen LogP contribution in [0.1, 0.15) is 23.1 Å². The van der Waals surface area contributed by atoms with E-state index in [1.165, 1.54) is 5.56 Å². The number of hydrogen-bond donors (Lipinski definition) is 3. The third-order valence-corrected chi connectivity index (χ3v) is 6.03. The molecule has 1 aliphatic heterocycles. The molecule has 1 fully saturated rings. The number of likely N-dealkylation sites (tertiary alicyclic amines) is 1. The van der Waals surface area contributed by atoms with Crippen molar-refractivity contribution < 1.29 is 10.2 Å². The smallest absolute Gasteiger partial charge is 0.142 e. The maximum absolute atomic E-state index is 11.6. The fourth-order valence-corrected chi connectivity index (χ4v) is 4.35. The van der Waals surface area contributed by atoms with Gasteiger partial charge in [-0.05, 0) is 23.1 Å². The first kappa shape index (κ1) is 20.8. The highest BCUT2D eigenvalue weighted by molar-refractivity contribution is 5.37. The average Bonchev–Trinajstić information content (AvgIpc) is 3.26. The summed E-state index contributed by atoms with van der Waals surface area (Å²) >= 11 is 0. The van der Waals surface area contributed by atoms with Crippen LogP contribution in [0.3, 0.4) is 0 Å². The van der Waals surface area contributed by atoms with Gasteiger partial charge in [-0.3, -0.25) is 4.90 Å². The predicted octanol–water partition coefficient (Wildman–Crippen LogP) is 3.15. The number of nitrogens with one attached hydrogen (secondary N) is 1. The standard InChI is InChI=1S/C26H30N2O2/c29-25(18-27-24-16-17-28(20-24)19-21-10-4-1-5-11-21)26(30,22-12-6-2-7-13-22)23-14-8-3-9-15-23/h1-15,24-25,27,29-30H,16-20H2. The van der Waals surface area contributed by atoms with Crippen molar-refractivity contribution in [3.8, 4) is 0 Å². The first-order valence-electron chi connectivity index (χ1n) is 10.7. The van der Waals surface area contributed by atoms with E-state index in [0.717, 1.165) is 26.1 Å². The van der Waals surface area contributed by atoms with Gasteiger partial charge in [0, 0.05) is 32.2 Å². The Balaban J connectivity index is 1.41. The first-order valence-corrected chi connectivity index (χ1v) is 10.7. The quantitative estimate of drug-likeness (QED) is 0.542. The van der Waals surface area contributed by atoms with E-state index in [0.29, 0.717) is 23.7 Å². The fourth-order valence-electron chi connectivity index (χ4n) is 4.35. The van der Waals surface area contributed by atoms with Crippen LogP contribution in [0, 0.1) is 0 Å². The van der Waals surface area contributed by atoms with Gasteiger partial charge in [0.2, 0.25) is 0 Å². The summed E-state index contributed by atoms with van der Waals surface area (Å²) < 4.78 is 0. The van der Waals surface area contributed by atoms with Gasteiger partial charge in [-0.25, -0.2) is 0 Å². The molecule has 0 amide bonds. The molecule has 1 heterocycles. The molecular weight excluding hydrogens is 372 g/mol. The molecular formula is C26H30N2O2. The highest BCUT2D eigenvalue weighted by Gasteiger charge is 2.39. The number of hydrogen-bond acceptors (Lipinski definition) is 4. The molecule has 0 aliphatic carbocycles. The summed E-state index contributed by atoms with van der Waals surface area (Å²) in [6, 6.07) is 29.7. The molecule has 30 heavy (non-hydrogen) atoms. The van der Waals surface area contributed by atoms with Crippen molar-refractivity contribution in [1.82, 2.24) is 10.2 Å².